The first kappa shape index (κ1) is 9.85. The van der Waals surface area contributed by atoms with Gasteiger partial charge in [-0.3, -0.25) is 0 Å². The Morgan fingerprint density at radius 3 is 2.23 bits per heavy atom. The molecule has 0 aromatic heterocycles. The Morgan fingerprint density at radius 2 is 1.85 bits per heavy atom. The summed E-state index contributed by atoms with van der Waals surface area (Å²) in [6.45, 7) is -0.397. The Morgan fingerprint density at radius 1 is 1.23 bits per heavy atom. The minimum absolute atomic E-state index is 0.241. The molecule has 2 N–H and O–H groups in total. The van der Waals surface area contributed by atoms with E-state index in [4.69, 9.17) is 10.2 Å². The second-order valence-corrected chi connectivity index (χ2v) is 2.51. The van der Waals surface area contributed by atoms with E-state index in [0.29, 0.717) is 0 Å². The van der Waals surface area contributed by atoms with Gasteiger partial charge in [0.1, 0.15) is 5.75 Å². The van der Waals surface area contributed by atoms with Crippen molar-refractivity contribution in [1.29, 1.82) is 0 Å². The van der Waals surface area contributed by atoms with Gasteiger partial charge in [0.2, 0.25) is 0 Å². The highest BCUT2D eigenvalue weighted by atomic mass is 19.4. The van der Waals surface area contributed by atoms with Crippen LogP contribution in [0.2, 0.25) is 0 Å². The Balaban J connectivity index is 3.13. The van der Waals surface area contributed by atoms with Gasteiger partial charge >= 0.3 is 6.18 Å². The molecule has 0 radical (unpaired) electrons. The van der Waals surface area contributed by atoms with E-state index in [9.17, 15) is 13.2 Å². The van der Waals surface area contributed by atoms with Crippen LogP contribution in [0.25, 0.3) is 0 Å². The molecular formula is C8H7F3O2. The van der Waals surface area contributed by atoms with Crippen molar-refractivity contribution in [2.75, 3.05) is 0 Å². The van der Waals surface area contributed by atoms with Crippen LogP contribution in [0.4, 0.5) is 13.2 Å². The van der Waals surface area contributed by atoms with Crippen LogP contribution in [0.3, 0.4) is 0 Å². The maximum Gasteiger partial charge on any atom is 0.419 e. The predicted octanol–water partition coefficient (Wildman–Crippen LogP) is 1.90. The summed E-state index contributed by atoms with van der Waals surface area (Å²) in [6, 6.07) is 2.74. The van der Waals surface area contributed by atoms with Crippen LogP contribution in [0.5, 0.6) is 5.75 Å². The fraction of sp³-hybridized carbons (Fsp3) is 0.250. The molecule has 0 heterocycles. The molecule has 0 unspecified atom stereocenters. The van der Waals surface area contributed by atoms with Crippen LogP contribution in [0.15, 0.2) is 18.2 Å². The lowest BCUT2D eigenvalue weighted by Crippen LogP contribution is -2.05. The van der Waals surface area contributed by atoms with Gasteiger partial charge in [0.05, 0.1) is 12.2 Å². The fourth-order valence-electron chi connectivity index (χ4n) is 0.915. The molecule has 2 nitrogen and oxygen atoms in total. The summed E-state index contributed by atoms with van der Waals surface area (Å²) in [4.78, 5) is 0. The van der Waals surface area contributed by atoms with Gasteiger partial charge in [0.25, 0.3) is 0 Å². The SMILES string of the molecule is OCc1ccc(C(F)(F)F)c(O)c1. The number of phenolic OH excluding ortho intramolecular Hbond substituents is 1. The number of rotatable bonds is 1. The first-order valence-corrected chi connectivity index (χ1v) is 3.45. The molecular weight excluding hydrogens is 185 g/mol. The Kier molecular flexibility index (Phi) is 2.47. The molecule has 72 valence electrons. The van der Waals surface area contributed by atoms with Gasteiger partial charge in [-0.15, -0.1) is 0 Å². The van der Waals surface area contributed by atoms with Crippen LogP contribution in [0.1, 0.15) is 11.1 Å². The van der Waals surface area contributed by atoms with Crippen LogP contribution in [-0.2, 0) is 12.8 Å². The summed E-state index contributed by atoms with van der Waals surface area (Å²) in [5.74, 6) is -0.862. The number of hydrogen-bond acceptors (Lipinski definition) is 2. The van der Waals surface area contributed by atoms with Crippen molar-refractivity contribution in [2.24, 2.45) is 0 Å². The minimum Gasteiger partial charge on any atom is -0.507 e. The molecule has 0 bridgehead atoms. The normalized spacial score (nSPS) is 11.7. The second-order valence-electron chi connectivity index (χ2n) is 2.51. The molecule has 0 aliphatic heterocycles. The van der Waals surface area contributed by atoms with Crippen LogP contribution in [-0.4, -0.2) is 10.2 Å². The third-order valence-electron chi connectivity index (χ3n) is 1.55. The Labute approximate surface area is 72.2 Å². The van der Waals surface area contributed by atoms with E-state index in [1.165, 1.54) is 0 Å². The zero-order valence-corrected chi connectivity index (χ0v) is 6.47. The van der Waals surface area contributed by atoms with Crippen molar-refractivity contribution in [1.82, 2.24) is 0 Å². The van der Waals surface area contributed by atoms with E-state index in [1.54, 1.807) is 0 Å². The zero-order chi connectivity index (χ0) is 10.1. The highest BCUT2D eigenvalue weighted by molar-refractivity contribution is 5.37. The second kappa shape index (κ2) is 3.26. The van der Waals surface area contributed by atoms with Gasteiger partial charge in [0, 0.05) is 0 Å². The Hall–Kier alpha value is -1.23. The van der Waals surface area contributed by atoms with Gasteiger partial charge in [-0.25, -0.2) is 0 Å². The molecule has 0 atom stereocenters. The van der Waals surface area contributed by atoms with E-state index >= 15 is 0 Å². The van der Waals surface area contributed by atoms with Gasteiger partial charge in [0.15, 0.2) is 0 Å². The van der Waals surface area contributed by atoms with Gasteiger partial charge < -0.3 is 10.2 Å². The predicted molar refractivity (Wildman–Crippen MR) is 39.0 cm³/mol. The third kappa shape index (κ3) is 2.12. The number of aliphatic hydroxyl groups excluding tert-OH is 1. The highest BCUT2D eigenvalue weighted by Crippen LogP contribution is 2.35. The van der Waals surface area contributed by atoms with E-state index in [-0.39, 0.29) is 5.56 Å². The number of aromatic hydroxyl groups is 1. The summed E-state index contributed by atoms with van der Waals surface area (Å²) in [5, 5.41) is 17.5. The minimum atomic E-state index is -4.56. The van der Waals surface area contributed by atoms with Gasteiger partial charge in [-0.1, -0.05) is 6.07 Å². The zero-order valence-electron chi connectivity index (χ0n) is 6.47. The average Bonchev–Trinajstić information content (AvgIpc) is 2.01. The average molecular weight is 192 g/mol. The first-order chi connectivity index (χ1) is 5.95. The smallest absolute Gasteiger partial charge is 0.419 e. The molecule has 0 saturated heterocycles. The van der Waals surface area contributed by atoms with Crippen LogP contribution in [0, 0.1) is 0 Å². The van der Waals surface area contributed by atoms with Crippen LogP contribution < -0.4 is 0 Å². The molecule has 13 heavy (non-hydrogen) atoms. The highest BCUT2D eigenvalue weighted by Gasteiger charge is 2.33. The van der Waals surface area contributed by atoms with Crippen molar-refractivity contribution >= 4 is 0 Å². The topological polar surface area (TPSA) is 40.5 Å². The Bertz CT molecular complexity index is 307. The summed E-state index contributed by atoms with van der Waals surface area (Å²) < 4.78 is 36.2. The molecule has 0 aliphatic carbocycles. The van der Waals surface area contributed by atoms with Crippen LogP contribution >= 0.6 is 0 Å². The van der Waals surface area contributed by atoms with Crippen molar-refractivity contribution in [3.05, 3.63) is 29.3 Å². The van der Waals surface area contributed by atoms with Crippen molar-refractivity contribution in [3.63, 3.8) is 0 Å². The first-order valence-electron chi connectivity index (χ1n) is 3.45. The number of aliphatic hydroxyl groups is 1. The number of benzene rings is 1. The van der Waals surface area contributed by atoms with Gasteiger partial charge in [-0.05, 0) is 17.7 Å². The lowest BCUT2D eigenvalue weighted by atomic mass is 10.1. The number of alkyl halides is 3. The largest absolute Gasteiger partial charge is 0.507 e. The molecule has 0 spiro atoms. The summed E-state index contributed by atoms with van der Waals surface area (Å²) in [5.41, 5.74) is -0.852. The molecule has 0 amide bonds. The quantitative estimate of drug-likeness (QED) is 0.713. The molecule has 1 aromatic rings. The molecule has 0 aliphatic rings. The number of hydrogen-bond donors (Lipinski definition) is 2. The molecule has 1 aromatic carbocycles. The standard InChI is InChI=1S/C8H7F3O2/c9-8(10,11)6-2-1-5(4-12)3-7(6)13/h1-3,12-13H,4H2. The molecule has 0 fully saturated rings. The van der Waals surface area contributed by atoms with E-state index in [2.05, 4.69) is 0 Å². The number of halogens is 3. The summed E-state index contributed by atoms with van der Waals surface area (Å²) in [6.07, 6.45) is -4.56. The van der Waals surface area contributed by atoms with E-state index < -0.39 is 24.1 Å². The lowest BCUT2D eigenvalue weighted by Gasteiger charge is -2.09. The lowest BCUT2D eigenvalue weighted by molar-refractivity contribution is -0.138. The summed E-state index contributed by atoms with van der Waals surface area (Å²) in [7, 11) is 0. The third-order valence-corrected chi connectivity index (χ3v) is 1.55. The maximum absolute atomic E-state index is 12.1. The molecule has 0 saturated carbocycles. The van der Waals surface area contributed by atoms with E-state index in [0.717, 1.165) is 18.2 Å². The van der Waals surface area contributed by atoms with Crippen molar-refractivity contribution in [2.45, 2.75) is 12.8 Å². The van der Waals surface area contributed by atoms with Crippen molar-refractivity contribution in [3.8, 4) is 5.75 Å². The molecule has 1 rings (SSSR count). The summed E-state index contributed by atoms with van der Waals surface area (Å²) >= 11 is 0. The van der Waals surface area contributed by atoms with E-state index in [1.807, 2.05) is 0 Å². The van der Waals surface area contributed by atoms with Gasteiger partial charge in [-0.2, -0.15) is 13.2 Å². The fourth-order valence-corrected chi connectivity index (χ4v) is 0.915. The molecule has 5 heteroatoms. The van der Waals surface area contributed by atoms with Crippen molar-refractivity contribution < 1.29 is 23.4 Å². The maximum atomic E-state index is 12.1. The number of phenols is 1. The monoisotopic (exact) mass is 192 g/mol.